The van der Waals surface area contributed by atoms with E-state index >= 15 is 0 Å². The molecular weight excluding hydrogens is 370 g/mol. The van der Waals surface area contributed by atoms with Gasteiger partial charge in [-0.1, -0.05) is 17.8 Å². The van der Waals surface area contributed by atoms with E-state index in [0.29, 0.717) is 33.6 Å². The maximum atomic E-state index is 12.9. The van der Waals surface area contributed by atoms with E-state index in [1.807, 2.05) is 18.4 Å². The van der Waals surface area contributed by atoms with Gasteiger partial charge in [-0.05, 0) is 30.9 Å². The number of ether oxygens (including phenoxy) is 1. The lowest BCUT2D eigenvalue weighted by atomic mass is 9.85. The first kappa shape index (κ1) is 18.5. The van der Waals surface area contributed by atoms with Gasteiger partial charge in [0.05, 0.1) is 24.2 Å². The minimum Gasteiger partial charge on any atom is -0.466 e. The van der Waals surface area contributed by atoms with Gasteiger partial charge in [0.1, 0.15) is 5.82 Å². The molecule has 0 radical (unpaired) electrons. The number of esters is 1. The SMILES string of the molecule is C=CCSc1nc2c(c(=O)[nH]1)C(c1sccc1C)C(C(=O)OC)=C(C)N2. The molecule has 0 fully saturated rings. The van der Waals surface area contributed by atoms with Gasteiger partial charge in [0.25, 0.3) is 5.56 Å². The van der Waals surface area contributed by atoms with Crippen LogP contribution in [0.15, 0.2) is 45.3 Å². The quantitative estimate of drug-likeness (QED) is 0.353. The van der Waals surface area contributed by atoms with Crippen LogP contribution in [0, 0.1) is 6.92 Å². The Labute approximate surface area is 159 Å². The Morgan fingerprint density at radius 1 is 1.50 bits per heavy atom. The molecule has 8 heteroatoms. The Kier molecular flexibility index (Phi) is 5.33. The van der Waals surface area contributed by atoms with Crippen molar-refractivity contribution >= 4 is 34.9 Å². The topological polar surface area (TPSA) is 84.1 Å². The summed E-state index contributed by atoms with van der Waals surface area (Å²) in [6, 6.07) is 1.97. The molecule has 1 atom stereocenters. The van der Waals surface area contributed by atoms with Crippen LogP contribution < -0.4 is 10.9 Å². The number of fused-ring (bicyclic) bond motifs is 1. The highest BCUT2D eigenvalue weighted by Crippen LogP contribution is 2.42. The summed E-state index contributed by atoms with van der Waals surface area (Å²) in [6.07, 6.45) is 1.75. The van der Waals surface area contributed by atoms with Crippen LogP contribution in [0.1, 0.15) is 28.8 Å². The van der Waals surface area contributed by atoms with Crippen molar-refractivity contribution < 1.29 is 9.53 Å². The molecule has 3 heterocycles. The van der Waals surface area contributed by atoms with Crippen molar-refractivity contribution in [2.45, 2.75) is 24.9 Å². The van der Waals surface area contributed by atoms with Gasteiger partial charge in [0, 0.05) is 16.3 Å². The number of nitrogens with zero attached hydrogens (tertiary/aromatic N) is 1. The standard InChI is InChI=1S/C18H19N3O3S2/c1-5-7-26-18-20-15-13(16(22)21-18)12(14-9(2)6-8-25-14)11(10(3)19-15)17(23)24-4/h5-6,8,12H,1,7H2,2-4H3,(H2,19,20,21,22). The molecule has 1 aliphatic heterocycles. The highest BCUT2D eigenvalue weighted by atomic mass is 32.2. The molecule has 0 aromatic carbocycles. The van der Waals surface area contributed by atoms with Crippen LogP contribution in [-0.4, -0.2) is 28.8 Å². The average molecular weight is 390 g/mol. The predicted octanol–water partition coefficient (Wildman–Crippen LogP) is 3.42. The molecule has 0 spiro atoms. The Hall–Kier alpha value is -2.32. The van der Waals surface area contributed by atoms with E-state index < -0.39 is 11.9 Å². The number of carbonyl (C=O) groups is 1. The molecule has 2 aromatic rings. The maximum absolute atomic E-state index is 12.9. The number of aromatic amines is 1. The zero-order valence-electron chi connectivity index (χ0n) is 14.7. The third kappa shape index (κ3) is 3.22. The number of aromatic nitrogens is 2. The third-order valence-electron chi connectivity index (χ3n) is 4.13. The van der Waals surface area contributed by atoms with Crippen LogP contribution in [-0.2, 0) is 9.53 Å². The molecule has 2 N–H and O–H groups in total. The lowest BCUT2D eigenvalue weighted by molar-refractivity contribution is -0.136. The van der Waals surface area contributed by atoms with Crippen LogP contribution in [0.3, 0.4) is 0 Å². The number of aryl methyl sites for hydroxylation is 1. The lowest BCUT2D eigenvalue weighted by Gasteiger charge is -2.28. The second-order valence-electron chi connectivity index (χ2n) is 5.79. The van der Waals surface area contributed by atoms with Crippen molar-refractivity contribution in [3.8, 4) is 0 Å². The van der Waals surface area contributed by atoms with E-state index in [-0.39, 0.29) is 5.56 Å². The van der Waals surface area contributed by atoms with Crippen molar-refractivity contribution in [3.63, 3.8) is 0 Å². The number of rotatable bonds is 5. The fraction of sp³-hybridized carbons (Fsp3) is 0.278. The first-order valence-electron chi connectivity index (χ1n) is 7.95. The molecule has 0 aliphatic carbocycles. The number of nitrogens with one attached hydrogen (secondary N) is 2. The van der Waals surface area contributed by atoms with Crippen LogP contribution >= 0.6 is 23.1 Å². The van der Waals surface area contributed by atoms with Crippen molar-refractivity contribution in [1.29, 1.82) is 0 Å². The molecule has 0 saturated heterocycles. The Balaban J connectivity index is 2.22. The van der Waals surface area contributed by atoms with Gasteiger partial charge in [-0.25, -0.2) is 9.78 Å². The first-order chi connectivity index (χ1) is 12.5. The molecule has 0 amide bonds. The number of carbonyl (C=O) groups excluding carboxylic acids is 1. The Morgan fingerprint density at radius 2 is 2.27 bits per heavy atom. The predicted molar refractivity (Wildman–Crippen MR) is 105 cm³/mol. The highest BCUT2D eigenvalue weighted by molar-refractivity contribution is 7.99. The summed E-state index contributed by atoms with van der Waals surface area (Å²) in [5, 5.41) is 5.57. The minimum atomic E-state index is -0.506. The van der Waals surface area contributed by atoms with Crippen LogP contribution in [0.2, 0.25) is 0 Å². The summed E-state index contributed by atoms with van der Waals surface area (Å²) in [5.74, 6) is 0.150. The van der Waals surface area contributed by atoms with Crippen molar-refractivity contribution in [2.75, 3.05) is 18.2 Å². The van der Waals surface area contributed by atoms with Gasteiger partial charge in [-0.3, -0.25) is 4.79 Å². The second kappa shape index (κ2) is 7.51. The summed E-state index contributed by atoms with van der Waals surface area (Å²) < 4.78 is 4.98. The second-order valence-corrected chi connectivity index (χ2v) is 7.75. The van der Waals surface area contributed by atoms with Gasteiger partial charge in [0.15, 0.2) is 5.16 Å². The largest absolute Gasteiger partial charge is 0.466 e. The van der Waals surface area contributed by atoms with Crippen molar-refractivity contribution in [2.24, 2.45) is 0 Å². The zero-order chi connectivity index (χ0) is 18.8. The molecule has 1 unspecified atom stereocenters. The van der Waals surface area contributed by atoms with Gasteiger partial charge in [-0.15, -0.1) is 17.9 Å². The first-order valence-corrected chi connectivity index (χ1v) is 9.82. The van der Waals surface area contributed by atoms with E-state index in [4.69, 9.17) is 4.74 Å². The number of anilines is 1. The summed E-state index contributed by atoms with van der Waals surface area (Å²) in [5.41, 5.74) is 2.26. The minimum absolute atomic E-state index is 0.263. The molecule has 2 aromatic heterocycles. The number of hydrogen-bond acceptors (Lipinski definition) is 7. The van der Waals surface area contributed by atoms with Crippen molar-refractivity contribution in [3.05, 3.63) is 61.7 Å². The van der Waals surface area contributed by atoms with Gasteiger partial charge >= 0.3 is 5.97 Å². The summed E-state index contributed by atoms with van der Waals surface area (Å²) in [6.45, 7) is 7.44. The number of thioether (sulfide) groups is 1. The zero-order valence-corrected chi connectivity index (χ0v) is 16.3. The average Bonchev–Trinajstić information content (AvgIpc) is 3.03. The summed E-state index contributed by atoms with van der Waals surface area (Å²) in [4.78, 5) is 33.6. The van der Waals surface area contributed by atoms with E-state index in [0.717, 1.165) is 10.4 Å². The number of allylic oxidation sites excluding steroid dienone is 1. The summed E-state index contributed by atoms with van der Waals surface area (Å²) in [7, 11) is 1.34. The van der Waals surface area contributed by atoms with E-state index in [2.05, 4.69) is 21.9 Å². The molecular formula is C18H19N3O3S2. The Morgan fingerprint density at radius 3 is 2.88 bits per heavy atom. The van der Waals surface area contributed by atoms with Crippen LogP contribution in [0.4, 0.5) is 5.82 Å². The molecule has 0 bridgehead atoms. The van der Waals surface area contributed by atoms with Gasteiger partial charge in [-0.2, -0.15) is 0 Å². The van der Waals surface area contributed by atoms with E-state index in [1.165, 1.54) is 30.2 Å². The van der Waals surface area contributed by atoms with E-state index in [9.17, 15) is 9.59 Å². The Bertz CT molecular complexity index is 959. The molecule has 136 valence electrons. The molecule has 3 rings (SSSR count). The number of hydrogen-bond donors (Lipinski definition) is 2. The molecule has 6 nitrogen and oxygen atoms in total. The molecule has 1 aliphatic rings. The monoisotopic (exact) mass is 389 g/mol. The van der Waals surface area contributed by atoms with Crippen molar-refractivity contribution in [1.82, 2.24) is 9.97 Å². The fourth-order valence-corrected chi connectivity index (χ4v) is 4.60. The molecule has 0 saturated carbocycles. The van der Waals surface area contributed by atoms with E-state index in [1.54, 1.807) is 13.0 Å². The highest BCUT2D eigenvalue weighted by Gasteiger charge is 2.37. The third-order valence-corrected chi connectivity index (χ3v) is 6.08. The van der Waals surface area contributed by atoms with Gasteiger partial charge in [0.2, 0.25) is 0 Å². The normalized spacial score (nSPS) is 16.0. The summed E-state index contributed by atoms with van der Waals surface area (Å²) >= 11 is 2.90. The number of H-pyrrole nitrogens is 1. The lowest BCUT2D eigenvalue weighted by Crippen LogP contribution is -2.30. The fourth-order valence-electron chi connectivity index (χ4n) is 2.96. The molecule has 26 heavy (non-hydrogen) atoms. The van der Waals surface area contributed by atoms with Crippen LogP contribution in [0.5, 0.6) is 0 Å². The van der Waals surface area contributed by atoms with Crippen LogP contribution in [0.25, 0.3) is 0 Å². The number of methoxy groups -OCH3 is 1. The smallest absolute Gasteiger partial charge is 0.336 e. The maximum Gasteiger partial charge on any atom is 0.336 e. The number of thiophene rings is 1. The van der Waals surface area contributed by atoms with Gasteiger partial charge < -0.3 is 15.0 Å².